The normalized spacial score (nSPS) is 12.7. The van der Waals surface area contributed by atoms with Crippen LogP contribution in [-0.4, -0.2) is 5.78 Å². The molecule has 1 heterocycles. The van der Waals surface area contributed by atoms with Gasteiger partial charge in [0, 0.05) is 6.42 Å². The smallest absolute Gasteiger partial charge is 0.198 e. The maximum Gasteiger partial charge on any atom is 0.198 e. The molecule has 1 atom stereocenters. The van der Waals surface area contributed by atoms with Crippen molar-refractivity contribution >= 4 is 17.4 Å². The molecule has 0 bridgehead atoms. The summed E-state index contributed by atoms with van der Waals surface area (Å²) in [4.78, 5) is 11.8. The van der Waals surface area contributed by atoms with Crippen LogP contribution in [0.2, 0.25) is 5.22 Å². The molecular formula is C13H19ClO2. The molecule has 16 heavy (non-hydrogen) atoms. The number of halogens is 1. The van der Waals surface area contributed by atoms with Gasteiger partial charge in [-0.15, -0.1) is 0 Å². The van der Waals surface area contributed by atoms with Crippen molar-refractivity contribution in [3.05, 3.63) is 23.1 Å². The van der Waals surface area contributed by atoms with Gasteiger partial charge in [-0.2, -0.15) is 0 Å². The lowest BCUT2D eigenvalue weighted by Crippen LogP contribution is -2.07. The van der Waals surface area contributed by atoms with E-state index in [-0.39, 0.29) is 11.0 Å². The quantitative estimate of drug-likeness (QED) is 0.648. The first-order valence-electron chi connectivity index (χ1n) is 5.95. The van der Waals surface area contributed by atoms with E-state index in [0.29, 0.717) is 18.1 Å². The third kappa shape index (κ3) is 4.01. The monoisotopic (exact) mass is 242 g/mol. The molecule has 0 amide bonds. The molecule has 90 valence electrons. The van der Waals surface area contributed by atoms with Gasteiger partial charge in [-0.05, 0) is 29.7 Å². The largest absolute Gasteiger partial charge is 0.442 e. The number of Topliss-reactive ketones (excluding diaryl/α,β-unsaturated/α-hetero) is 1. The summed E-state index contributed by atoms with van der Waals surface area (Å²) in [7, 11) is 0. The number of unbranched alkanes of at least 4 members (excludes halogenated alkanes) is 1. The van der Waals surface area contributed by atoms with Crippen molar-refractivity contribution < 1.29 is 9.21 Å². The minimum Gasteiger partial charge on any atom is -0.442 e. The molecule has 1 unspecified atom stereocenters. The van der Waals surface area contributed by atoms with Gasteiger partial charge in [0.25, 0.3) is 0 Å². The highest BCUT2D eigenvalue weighted by atomic mass is 35.5. The van der Waals surface area contributed by atoms with E-state index in [1.165, 1.54) is 12.8 Å². The highest BCUT2D eigenvalue weighted by molar-refractivity contribution is 6.29. The van der Waals surface area contributed by atoms with Gasteiger partial charge in [-0.3, -0.25) is 4.79 Å². The van der Waals surface area contributed by atoms with Crippen molar-refractivity contribution in [2.45, 2.75) is 46.0 Å². The van der Waals surface area contributed by atoms with Crippen LogP contribution in [0.4, 0.5) is 0 Å². The van der Waals surface area contributed by atoms with Crippen LogP contribution in [-0.2, 0) is 0 Å². The molecule has 1 aromatic heterocycles. The van der Waals surface area contributed by atoms with Gasteiger partial charge >= 0.3 is 0 Å². The first-order chi connectivity index (χ1) is 7.67. The van der Waals surface area contributed by atoms with E-state index < -0.39 is 0 Å². The standard InChI is InChI=1S/C13H19ClO2/c1-3-5-6-10(4-2)9-11(15)12-7-8-13(14)16-12/h7-8,10H,3-6,9H2,1-2H3. The van der Waals surface area contributed by atoms with Crippen LogP contribution in [0.25, 0.3) is 0 Å². The van der Waals surface area contributed by atoms with Crippen LogP contribution in [0.15, 0.2) is 16.5 Å². The van der Waals surface area contributed by atoms with E-state index >= 15 is 0 Å². The summed E-state index contributed by atoms with van der Waals surface area (Å²) in [5.41, 5.74) is 0. The van der Waals surface area contributed by atoms with E-state index in [1.54, 1.807) is 12.1 Å². The van der Waals surface area contributed by atoms with Crippen molar-refractivity contribution in [2.24, 2.45) is 5.92 Å². The van der Waals surface area contributed by atoms with Crippen molar-refractivity contribution in [3.8, 4) is 0 Å². The number of hydrogen-bond donors (Lipinski definition) is 0. The fraction of sp³-hybridized carbons (Fsp3) is 0.615. The molecule has 1 rings (SSSR count). The van der Waals surface area contributed by atoms with Gasteiger partial charge in [0.1, 0.15) is 0 Å². The number of ketones is 1. The van der Waals surface area contributed by atoms with E-state index in [9.17, 15) is 4.79 Å². The van der Waals surface area contributed by atoms with Crippen LogP contribution in [0, 0.1) is 5.92 Å². The summed E-state index contributed by atoms with van der Waals surface area (Å²) in [6, 6.07) is 3.26. The predicted molar refractivity (Wildman–Crippen MR) is 66.0 cm³/mol. The maximum atomic E-state index is 11.8. The van der Waals surface area contributed by atoms with Gasteiger partial charge in [0.2, 0.25) is 0 Å². The third-order valence-corrected chi connectivity index (χ3v) is 3.07. The van der Waals surface area contributed by atoms with Gasteiger partial charge in [0.15, 0.2) is 16.8 Å². The van der Waals surface area contributed by atoms with E-state index in [0.717, 1.165) is 12.8 Å². The molecule has 0 radical (unpaired) electrons. The Hall–Kier alpha value is -0.760. The van der Waals surface area contributed by atoms with Crippen molar-refractivity contribution in [1.29, 1.82) is 0 Å². The molecule has 0 aromatic carbocycles. The predicted octanol–water partition coefficient (Wildman–Crippen LogP) is 4.72. The Kier molecular flexibility index (Phi) is 5.61. The molecule has 0 aliphatic rings. The molecule has 3 heteroatoms. The Morgan fingerprint density at radius 1 is 1.44 bits per heavy atom. The molecule has 1 aromatic rings. The summed E-state index contributed by atoms with van der Waals surface area (Å²) >= 11 is 5.64. The topological polar surface area (TPSA) is 30.2 Å². The van der Waals surface area contributed by atoms with Crippen LogP contribution < -0.4 is 0 Å². The van der Waals surface area contributed by atoms with Gasteiger partial charge in [-0.25, -0.2) is 0 Å². The first-order valence-corrected chi connectivity index (χ1v) is 6.33. The highest BCUT2D eigenvalue weighted by Gasteiger charge is 2.16. The number of carbonyl (C=O) groups excluding carboxylic acids is 1. The lowest BCUT2D eigenvalue weighted by atomic mass is 9.93. The summed E-state index contributed by atoms with van der Waals surface area (Å²) in [6.45, 7) is 4.30. The molecule has 2 nitrogen and oxygen atoms in total. The Labute approximate surface area is 102 Å². The minimum atomic E-state index is 0.0647. The van der Waals surface area contributed by atoms with Crippen LogP contribution in [0.5, 0.6) is 0 Å². The second-order valence-electron chi connectivity index (χ2n) is 4.15. The molecule has 0 aliphatic carbocycles. The number of hydrogen-bond acceptors (Lipinski definition) is 2. The molecule has 0 N–H and O–H groups in total. The average molecular weight is 243 g/mol. The first kappa shape index (κ1) is 13.3. The summed E-state index contributed by atoms with van der Waals surface area (Å²) < 4.78 is 5.11. The minimum absolute atomic E-state index is 0.0647. The summed E-state index contributed by atoms with van der Waals surface area (Å²) in [5.74, 6) is 0.922. The fourth-order valence-electron chi connectivity index (χ4n) is 1.77. The van der Waals surface area contributed by atoms with E-state index in [2.05, 4.69) is 13.8 Å². The second kappa shape index (κ2) is 6.74. The van der Waals surface area contributed by atoms with Crippen molar-refractivity contribution in [1.82, 2.24) is 0 Å². The maximum absolute atomic E-state index is 11.8. The second-order valence-corrected chi connectivity index (χ2v) is 4.52. The highest BCUT2D eigenvalue weighted by Crippen LogP contribution is 2.21. The summed E-state index contributed by atoms with van der Waals surface area (Å²) in [5, 5.41) is 0.282. The SMILES string of the molecule is CCCCC(CC)CC(=O)c1ccc(Cl)o1. The van der Waals surface area contributed by atoms with Crippen molar-refractivity contribution in [2.75, 3.05) is 0 Å². The lowest BCUT2D eigenvalue weighted by Gasteiger charge is -2.12. The zero-order valence-corrected chi connectivity index (χ0v) is 10.7. The number of carbonyl (C=O) groups is 1. The molecule has 0 fully saturated rings. The Morgan fingerprint density at radius 3 is 2.69 bits per heavy atom. The van der Waals surface area contributed by atoms with Crippen LogP contribution in [0.1, 0.15) is 56.5 Å². The molecule has 0 saturated heterocycles. The average Bonchev–Trinajstić information content (AvgIpc) is 2.70. The molecule has 0 aliphatic heterocycles. The van der Waals surface area contributed by atoms with Crippen LogP contribution in [0.3, 0.4) is 0 Å². The Morgan fingerprint density at radius 2 is 2.19 bits per heavy atom. The van der Waals surface area contributed by atoms with Gasteiger partial charge < -0.3 is 4.42 Å². The fourth-order valence-corrected chi connectivity index (χ4v) is 1.92. The molecule has 0 saturated carbocycles. The Balaban J connectivity index is 2.48. The van der Waals surface area contributed by atoms with E-state index in [1.807, 2.05) is 0 Å². The molecule has 0 spiro atoms. The number of rotatable bonds is 7. The third-order valence-electron chi connectivity index (χ3n) is 2.87. The zero-order valence-electron chi connectivity index (χ0n) is 9.96. The molecular weight excluding hydrogens is 224 g/mol. The summed E-state index contributed by atoms with van der Waals surface area (Å²) in [6.07, 6.45) is 5.09. The van der Waals surface area contributed by atoms with Gasteiger partial charge in [0.05, 0.1) is 0 Å². The Bertz CT molecular complexity index is 330. The number of furan rings is 1. The lowest BCUT2D eigenvalue weighted by molar-refractivity contribution is 0.0929. The van der Waals surface area contributed by atoms with E-state index in [4.69, 9.17) is 16.0 Å². The van der Waals surface area contributed by atoms with Gasteiger partial charge in [-0.1, -0.05) is 39.5 Å². The zero-order chi connectivity index (χ0) is 12.0. The van der Waals surface area contributed by atoms with Crippen LogP contribution >= 0.6 is 11.6 Å². The van der Waals surface area contributed by atoms with Crippen molar-refractivity contribution in [3.63, 3.8) is 0 Å².